The Kier molecular flexibility index (Phi) is 6.72. The third-order valence-corrected chi connectivity index (χ3v) is 7.30. The number of halogens is 2. The second kappa shape index (κ2) is 9.69. The first-order chi connectivity index (χ1) is 15.8. The third-order valence-electron chi connectivity index (χ3n) is 4.70. The van der Waals surface area contributed by atoms with Crippen LogP contribution in [-0.2, 0) is 22.2 Å². The smallest absolute Gasteiger partial charge is 0.332 e. The van der Waals surface area contributed by atoms with Crippen molar-refractivity contribution in [2.45, 2.75) is 10.6 Å². The summed E-state index contributed by atoms with van der Waals surface area (Å²) in [5.41, 5.74) is 2.14. The maximum Gasteiger partial charge on any atom is 0.332 e. The molecule has 0 radical (unpaired) electrons. The highest BCUT2D eigenvalue weighted by Gasteiger charge is 2.20. The number of hydrogen-bond donors (Lipinski definition) is 3. The van der Waals surface area contributed by atoms with E-state index in [1.165, 1.54) is 23.2 Å². The van der Waals surface area contributed by atoms with Crippen LogP contribution in [0.15, 0.2) is 53.0 Å². The lowest BCUT2D eigenvalue weighted by molar-refractivity contribution is -0.117. The van der Waals surface area contributed by atoms with Crippen LogP contribution >= 0.6 is 22.9 Å². The van der Waals surface area contributed by atoms with Gasteiger partial charge in [-0.25, -0.2) is 18.4 Å². The Balaban J connectivity index is 1.44. The molecule has 3 N–H and O–H groups in total. The van der Waals surface area contributed by atoms with Crippen molar-refractivity contribution >= 4 is 69.1 Å². The van der Waals surface area contributed by atoms with Gasteiger partial charge in [-0.3, -0.25) is 19.7 Å². The Morgan fingerprint density at radius 2 is 2.09 bits per heavy atom. The van der Waals surface area contributed by atoms with Crippen LogP contribution in [0.1, 0.15) is 11.1 Å². The van der Waals surface area contributed by atoms with Gasteiger partial charge in [0.05, 0.1) is 28.3 Å². The Morgan fingerprint density at radius 3 is 2.76 bits per heavy atom. The molecule has 3 amide bonds. The zero-order chi connectivity index (χ0) is 23.5. The number of urea groups is 1. The molecule has 1 aromatic carbocycles. The van der Waals surface area contributed by atoms with E-state index < -0.39 is 22.8 Å². The van der Waals surface area contributed by atoms with E-state index in [1.807, 2.05) is 0 Å². The Labute approximate surface area is 200 Å². The molecule has 0 saturated heterocycles. The molecule has 8 nitrogen and oxygen atoms in total. The first-order valence-corrected chi connectivity index (χ1v) is 11.9. The second-order valence-electron chi connectivity index (χ2n) is 6.82. The summed E-state index contributed by atoms with van der Waals surface area (Å²) in [5.74, 6) is -0.482. The molecule has 170 valence electrons. The number of thiophene rings is 1. The molecule has 0 fully saturated rings. The van der Waals surface area contributed by atoms with Gasteiger partial charge in [-0.2, -0.15) is 0 Å². The molecule has 0 saturated carbocycles. The molecule has 0 spiro atoms. The SMILES string of the molecule is CNc1cc2c(cc1F)CC(=O)N(c1ccc(NC(=O)NS(=O)c3ccc(Cl)s3)nc1)C=C2. The number of carbonyl (C=O) groups excluding carboxylic acids is 2. The Morgan fingerprint density at radius 1 is 1.27 bits per heavy atom. The number of anilines is 3. The molecule has 0 aliphatic carbocycles. The van der Waals surface area contributed by atoms with Gasteiger partial charge in [-0.05, 0) is 53.6 Å². The van der Waals surface area contributed by atoms with Gasteiger partial charge in [-0.15, -0.1) is 11.3 Å². The molecule has 0 bridgehead atoms. The number of fused-ring (bicyclic) bond motifs is 1. The molecule has 4 rings (SSSR count). The maximum atomic E-state index is 14.1. The number of nitrogens with zero attached hydrogens (tertiary/aromatic N) is 2. The van der Waals surface area contributed by atoms with Crippen molar-refractivity contribution in [1.82, 2.24) is 9.71 Å². The molecule has 33 heavy (non-hydrogen) atoms. The molecular formula is C21H17ClFN5O3S2. The molecule has 3 heterocycles. The number of aromatic nitrogens is 1. The molecule has 1 aliphatic heterocycles. The normalized spacial score (nSPS) is 13.8. The van der Waals surface area contributed by atoms with Crippen LogP contribution in [0.5, 0.6) is 0 Å². The van der Waals surface area contributed by atoms with Gasteiger partial charge in [0.1, 0.15) is 15.8 Å². The predicted octanol–water partition coefficient (Wildman–Crippen LogP) is 4.38. The van der Waals surface area contributed by atoms with Crippen LogP contribution in [0.2, 0.25) is 4.34 Å². The van der Waals surface area contributed by atoms with E-state index >= 15 is 0 Å². The van der Waals surface area contributed by atoms with Crippen molar-refractivity contribution in [1.29, 1.82) is 0 Å². The monoisotopic (exact) mass is 505 g/mol. The van der Waals surface area contributed by atoms with Gasteiger partial charge in [0.15, 0.2) is 11.0 Å². The number of hydrogen-bond acceptors (Lipinski definition) is 6. The highest BCUT2D eigenvalue weighted by Crippen LogP contribution is 2.27. The fraction of sp³-hybridized carbons (Fsp3) is 0.0952. The number of rotatable bonds is 5. The summed E-state index contributed by atoms with van der Waals surface area (Å²) >= 11 is 6.91. The first kappa shape index (κ1) is 22.9. The van der Waals surface area contributed by atoms with Crippen molar-refractivity contribution in [3.63, 3.8) is 0 Å². The minimum atomic E-state index is -1.75. The van der Waals surface area contributed by atoms with Crippen LogP contribution in [0.3, 0.4) is 0 Å². The average Bonchev–Trinajstić information content (AvgIpc) is 3.15. The Bertz CT molecular complexity index is 1280. The quantitative estimate of drug-likeness (QED) is 0.477. The van der Waals surface area contributed by atoms with Gasteiger partial charge in [0, 0.05) is 13.2 Å². The average molecular weight is 506 g/mol. The lowest BCUT2D eigenvalue weighted by Gasteiger charge is -2.17. The summed E-state index contributed by atoms with van der Waals surface area (Å²) in [6, 6.07) is 8.57. The van der Waals surface area contributed by atoms with Crippen molar-refractivity contribution in [2.75, 3.05) is 22.6 Å². The lowest BCUT2D eigenvalue weighted by Crippen LogP contribution is -2.30. The fourth-order valence-electron chi connectivity index (χ4n) is 3.12. The van der Waals surface area contributed by atoms with Crippen molar-refractivity contribution in [3.05, 3.63) is 70.1 Å². The summed E-state index contributed by atoms with van der Waals surface area (Å²) in [5, 5.41) is 5.27. The van der Waals surface area contributed by atoms with E-state index in [4.69, 9.17) is 11.6 Å². The molecule has 1 unspecified atom stereocenters. The van der Waals surface area contributed by atoms with E-state index in [1.54, 1.807) is 43.6 Å². The molecule has 1 atom stereocenters. The zero-order valence-electron chi connectivity index (χ0n) is 17.1. The van der Waals surface area contributed by atoms with Crippen LogP contribution in [0.4, 0.5) is 26.4 Å². The van der Waals surface area contributed by atoms with E-state index in [-0.39, 0.29) is 18.1 Å². The van der Waals surface area contributed by atoms with Gasteiger partial charge in [0.2, 0.25) is 5.91 Å². The van der Waals surface area contributed by atoms with Crippen LogP contribution in [0.25, 0.3) is 6.08 Å². The van der Waals surface area contributed by atoms with Crippen LogP contribution < -0.4 is 20.3 Å². The summed E-state index contributed by atoms with van der Waals surface area (Å²) in [4.78, 5) is 30.4. The van der Waals surface area contributed by atoms with Gasteiger partial charge in [0.25, 0.3) is 0 Å². The van der Waals surface area contributed by atoms with E-state index in [2.05, 4.69) is 20.3 Å². The van der Waals surface area contributed by atoms with Gasteiger partial charge in [-0.1, -0.05) is 11.6 Å². The highest BCUT2D eigenvalue weighted by molar-refractivity contribution is 7.86. The topological polar surface area (TPSA) is 103 Å². The molecule has 3 aromatic rings. The Hall–Kier alpha value is -3.28. The van der Waals surface area contributed by atoms with Crippen molar-refractivity contribution in [3.8, 4) is 0 Å². The first-order valence-electron chi connectivity index (χ1n) is 9.55. The standard InChI is InChI=1S/C21H17ClFN5O3S2/c1-24-16-9-12-6-7-28(19(29)10-13(12)8-15(16)23)14-2-4-18(25-11-14)26-21(30)27-33(31)20-5-3-17(22)32-20/h2-9,11,24H,10H2,1H3,(H2,25,26,27,30). The van der Waals surface area contributed by atoms with E-state index in [0.29, 0.717) is 25.5 Å². The minimum absolute atomic E-state index is 0.0181. The lowest BCUT2D eigenvalue weighted by atomic mass is 10.0. The molecular weight excluding hydrogens is 489 g/mol. The molecule has 2 aromatic heterocycles. The largest absolute Gasteiger partial charge is 0.386 e. The van der Waals surface area contributed by atoms with Crippen molar-refractivity contribution < 1.29 is 18.2 Å². The second-order valence-corrected chi connectivity index (χ2v) is 9.98. The number of nitrogens with one attached hydrogen (secondary N) is 3. The van der Waals surface area contributed by atoms with E-state index in [0.717, 1.165) is 16.9 Å². The minimum Gasteiger partial charge on any atom is -0.386 e. The van der Waals surface area contributed by atoms with Crippen LogP contribution in [0, 0.1) is 5.82 Å². The van der Waals surface area contributed by atoms with E-state index in [9.17, 15) is 18.2 Å². The number of pyridine rings is 1. The van der Waals surface area contributed by atoms with Gasteiger partial charge >= 0.3 is 6.03 Å². The highest BCUT2D eigenvalue weighted by atomic mass is 35.5. The third kappa shape index (κ3) is 5.21. The van der Waals surface area contributed by atoms with Crippen LogP contribution in [-0.4, -0.2) is 28.2 Å². The number of carbonyl (C=O) groups is 2. The summed E-state index contributed by atoms with van der Waals surface area (Å²) in [7, 11) is -0.129. The maximum absolute atomic E-state index is 14.1. The molecule has 12 heteroatoms. The molecule has 1 aliphatic rings. The summed E-state index contributed by atoms with van der Waals surface area (Å²) in [6.07, 6.45) is 4.76. The number of amides is 3. The fourth-order valence-corrected chi connectivity index (χ4v) is 5.25. The van der Waals surface area contributed by atoms with Gasteiger partial charge < -0.3 is 5.32 Å². The van der Waals surface area contributed by atoms with Crippen molar-refractivity contribution in [2.24, 2.45) is 0 Å². The zero-order valence-corrected chi connectivity index (χ0v) is 19.5. The summed E-state index contributed by atoms with van der Waals surface area (Å²) < 4.78 is 29.4. The predicted molar refractivity (Wildman–Crippen MR) is 128 cm³/mol. The summed E-state index contributed by atoms with van der Waals surface area (Å²) in [6.45, 7) is 0. The number of benzene rings is 1.